The summed E-state index contributed by atoms with van der Waals surface area (Å²) in [6, 6.07) is 1.55. The van der Waals surface area contributed by atoms with Crippen molar-refractivity contribution in [2.24, 2.45) is 5.92 Å². The summed E-state index contributed by atoms with van der Waals surface area (Å²) < 4.78 is 39.3. The van der Waals surface area contributed by atoms with Crippen molar-refractivity contribution in [3.8, 4) is 0 Å². The van der Waals surface area contributed by atoms with Gasteiger partial charge in [-0.1, -0.05) is 19.3 Å². The molecule has 3 N–H and O–H groups in total. The number of nitrogens with one attached hydrogen (secondary N) is 3. The first-order valence-electron chi connectivity index (χ1n) is 8.36. The van der Waals surface area contributed by atoms with Crippen LogP contribution in [0.25, 0.3) is 0 Å². The molecule has 142 valence electrons. The van der Waals surface area contributed by atoms with Crippen molar-refractivity contribution >= 4 is 23.4 Å². The number of hydrogen-bond donors (Lipinski definition) is 3. The van der Waals surface area contributed by atoms with Crippen molar-refractivity contribution < 1.29 is 27.6 Å². The van der Waals surface area contributed by atoms with Crippen molar-refractivity contribution in [3.63, 3.8) is 0 Å². The fourth-order valence-corrected chi connectivity index (χ4v) is 2.73. The predicted octanol–water partition coefficient (Wildman–Crippen LogP) is 1.86. The molecule has 0 radical (unpaired) electrons. The second-order valence-electron chi connectivity index (χ2n) is 6.10. The van der Waals surface area contributed by atoms with Gasteiger partial charge in [0, 0.05) is 5.92 Å². The summed E-state index contributed by atoms with van der Waals surface area (Å²) >= 11 is 0. The molecule has 0 saturated heterocycles. The lowest BCUT2D eigenvalue weighted by Crippen LogP contribution is -2.42. The van der Waals surface area contributed by atoms with E-state index in [2.05, 4.69) is 10.6 Å². The predicted molar refractivity (Wildman–Crippen MR) is 87.5 cm³/mol. The zero-order chi connectivity index (χ0) is 19.1. The third-order valence-corrected chi connectivity index (χ3v) is 4.15. The number of amides is 3. The van der Waals surface area contributed by atoms with Crippen molar-refractivity contribution in [1.82, 2.24) is 10.6 Å². The molecule has 0 aliphatic heterocycles. The van der Waals surface area contributed by atoms with Crippen LogP contribution in [0.2, 0.25) is 0 Å². The number of carbonyl (C=O) groups excluding carboxylic acids is 3. The lowest BCUT2D eigenvalue weighted by Gasteiger charge is -2.20. The molecule has 0 bridgehead atoms. The largest absolute Gasteiger partial charge is 0.347 e. The second-order valence-corrected chi connectivity index (χ2v) is 6.10. The van der Waals surface area contributed by atoms with Gasteiger partial charge in [0.15, 0.2) is 17.5 Å². The normalized spacial score (nSPS) is 14.6. The van der Waals surface area contributed by atoms with E-state index < -0.39 is 41.5 Å². The highest BCUT2D eigenvalue weighted by atomic mass is 19.2. The Labute approximate surface area is 148 Å². The number of halogens is 3. The monoisotopic (exact) mass is 371 g/mol. The van der Waals surface area contributed by atoms with Crippen LogP contribution in [0.4, 0.5) is 18.9 Å². The first-order valence-corrected chi connectivity index (χ1v) is 8.36. The number of benzene rings is 1. The van der Waals surface area contributed by atoms with Crippen molar-refractivity contribution in [2.75, 3.05) is 18.4 Å². The van der Waals surface area contributed by atoms with E-state index in [0.29, 0.717) is 6.07 Å². The van der Waals surface area contributed by atoms with Crippen LogP contribution in [0.3, 0.4) is 0 Å². The summed E-state index contributed by atoms with van der Waals surface area (Å²) in [5, 5.41) is 6.79. The van der Waals surface area contributed by atoms with Crippen LogP contribution < -0.4 is 16.0 Å². The van der Waals surface area contributed by atoms with Gasteiger partial charge in [-0.3, -0.25) is 14.4 Å². The maximum absolute atomic E-state index is 13.4. The molecule has 3 amide bonds. The van der Waals surface area contributed by atoms with Gasteiger partial charge in [-0.2, -0.15) is 0 Å². The minimum atomic E-state index is -1.70. The van der Waals surface area contributed by atoms with Gasteiger partial charge in [0.05, 0.1) is 18.8 Å². The van der Waals surface area contributed by atoms with Gasteiger partial charge in [0.2, 0.25) is 17.7 Å². The zero-order valence-corrected chi connectivity index (χ0v) is 14.0. The van der Waals surface area contributed by atoms with E-state index in [4.69, 9.17) is 0 Å². The van der Waals surface area contributed by atoms with E-state index >= 15 is 0 Å². The van der Waals surface area contributed by atoms with Gasteiger partial charge in [-0.05, 0) is 25.0 Å². The Hall–Kier alpha value is -2.58. The minimum Gasteiger partial charge on any atom is -0.347 e. The van der Waals surface area contributed by atoms with Crippen molar-refractivity contribution in [3.05, 3.63) is 29.6 Å². The van der Waals surface area contributed by atoms with E-state index in [1.807, 2.05) is 5.32 Å². The summed E-state index contributed by atoms with van der Waals surface area (Å²) in [4.78, 5) is 35.2. The summed E-state index contributed by atoms with van der Waals surface area (Å²) in [7, 11) is 0. The Bertz CT molecular complexity index is 691. The summed E-state index contributed by atoms with van der Waals surface area (Å²) in [5.41, 5.74) is -0.534. The summed E-state index contributed by atoms with van der Waals surface area (Å²) in [5.74, 6) is -6.27. The Morgan fingerprint density at radius 2 is 1.54 bits per heavy atom. The van der Waals surface area contributed by atoms with Crippen LogP contribution in [0.5, 0.6) is 0 Å². The highest BCUT2D eigenvalue weighted by Gasteiger charge is 2.21. The molecule has 2 rings (SSSR count). The summed E-state index contributed by atoms with van der Waals surface area (Å²) in [6.07, 6.45) is 4.69. The molecule has 6 nitrogen and oxygen atoms in total. The van der Waals surface area contributed by atoms with Crippen LogP contribution in [-0.4, -0.2) is 30.8 Å². The van der Waals surface area contributed by atoms with Gasteiger partial charge in [0.1, 0.15) is 0 Å². The fraction of sp³-hybridized carbons (Fsp3) is 0.471. The van der Waals surface area contributed by atoms with Crippen LogP contribution in [-0.2, 0) is 14.4 Å². The molecule has 1 fully saturated rings. The Morgan fingerprint density at radius 3 is 2.23 bits per heavy atom. The molecule has 0 unspecified atom stereocenters. The van der Waals surface area contributed by atoms with Crippen LogP contribution in [0.1, 0.15) is 32.1 Å². The standard InChI is InChI=1S/C17H20F3N3O3/c18-11-6-7-12(16(20)15(11)19)23-14(25)9-21-13(24)8-22-17(26)10-4-2-1-3-5-10/h6-7,10H,1-5,8-9H2,(H,21,24)(H,22,26)(H,23,25). The highest BCUT2D eigenvalue weighted by Crippen LogP contribution is 2.23. The van der Waals surface area contributed by atoms with Gasteiger partial charge in [-0.15, -0.1) is 0 Å². The average molecular weight is 371 g/mol. The zero-order valence-electron chi connectivity index (χ0n) is 14.0. The number of anilines is 1. The van der Waals surface area contributed by atoms with Crippen molar-refractivity contribution in [1.29, 1.82) is 0 Å². The second kappa shape index (κ2) is 9.21. The Morgan fingerprint density at radius 1 is 0.885 bits per heavy atom. The third-order valence-electron chi connectivity index (χ3n) is 4.15. The van der Waals surface area contributed by atoms with E-state index in [1.54, 1.807) is 0 Å². The maximum Gasteiger partial charge on any atom is 0.243 e. The number of hydrogen-bond acceptors (Lipinski definition) is 3. The molecule has 0 spiro atoms. The van der Waals surface area contributed by atoms with Crippen LogP contribution in [0.15, 0.2) is 12.1 Å². The van der Waals surface area contributed by atoms with Crippen molar-refractivity contribution in [2.45, 2.75) is 32.1 Å². The molecule has 1 saturated carbocycles. The fourth-order valence-electron chi connectivity index (χ4n) is 2.73. The maximum atomic E-state index is 13.4. The first-order chi connectivity index (χ1) is 12.4. The quantitative estimate of drug-likeness (QED) is 0.667. The molecule has 0 heterocycles. The van der Waals surface area contributed by atoms with Crippen LogP contribution >= 0.6 is 0 Å². The molecule has 1 aromatic carbocycles. The number of carbonyl (C=O) groups is 3. The molecule has 0 atom stereocenters. The molecular formula is C17H20F3N3O3. The SMILES string of the molecule is O=C(CNC(=O)C1CCCCC1)NCC(=O)Nc1ccc(F)c(F)c1F. The van der Waals surface area contributed by atoms with E-state index in [-0.39, 0.29) is 18.4 Å². The van der Waals surface area contributed by atoms with Gasteiger partial charge in [0.25, 0.3) is 0 Å². The van der Waals surface area contributed by atoms with Gasteiger partial charge in [-0.25, -0.2) is 13.2 Å². The van der Waals surface area contributed by atoms with E-state index in [1.165, 1.54) is 0 Å². The minimum absolute atomic E-state index is 0.0869. The third kappa shape index (κ3) is 5.47. The lowest BCUT2D eigenvalue weighted by molar-refractivity contribution is -0.129. The van der Waals surface area contributed by atoms with E-state index in [0.717, 1.165) is 38.2 Å². The van der Waals surface area contributed by atoms with Crippen LogP contribution in [0, 0.1) is 23.4 Å². The van der Waals surface area contributed by atoms with Gasteiger partial charge >= 0.3 is 0 Å². The first kappa shape index (κ1) is 19.7. The summed E-state index contributed by atoms with van der Waals surface area (Å²) in [6.45, 7) is -0.779. The topological polar surface area (TPSA) is 87.3 Å². The smallest absolute Gasteiger partial charge is 0.243 e. The molecule has 26 heavy (non-hydrogen) atoms. The molecule has 1 aliphatic carbocycles. The molecule has 9 heteroatoms. The number of rotatable bonds is 6. The molecular weight excluding hydrogens is 351 g/mol. The average Bonchev–Trinajstić information content (AvgIpc) is 2.65. The highest BCUT2D eigenvalue weighted by molar-refractivity contribution is 5.95. The van der Waals surface area contributed by atoms with E-state index in [9.17, 15) is 27.6 Å². The Kier molecular flexibility index (Phi) is 6.99. The van der Waals surface area contributed by atoms with Gasteiger partial charge < -0.3 is 16.0 Å². The molecule has 1 aromatic rings. The molecule has 1 aliphatic rings. The Balaban J connectivity index is 1.72. The lowest BCUT2D eigenvalue weighted by atomic mass is 9.89. The molecule has 0 aromatic heterocycles.